The molecule has 0 saturated heterocycles. The molecule has 0 unspecified atom stereocenters. The van der Waals surface area contributed by atoms with E-state index < -0.39 is 0 Å². The first-order valence-corrected chi connectivity index (χ1v) is 4.98. The molecule has 84 valence electrons. The van der Waals surface area contributed by atoms with Crippen molar-refractivity contribution in [3.63, 3.8) is 0 Å². The van der Waals surface area contributed by atoms with Crippen LogP contribution in [0.25, 0.3) is 10.9 Å². The third kappa shape index (κ3) is 1.91. The van der Waals surface area contributed by atoms with Crippen LogP contribution in [0.15, 0.2) is 18.2 Å². The maximum Gasteiger partial charge on any atom is 0.302 e. The smallest absolute Gasteiger partial charge is 0.302 e. The van der Waals surface area contributed by atoms with Crippen molar-refractivity contribution < 1.29 is 13.9 Å². The third-order valence-corrected chi connectivity index (χ3v) is 2.50. The summed E-state index contributed by atoms with van der Waals surface area (Å²) >= 11 is 0. The molecule has 1 aromatic carbocycles. The van der Waals surface area contributed by atoms with Crippen LogP contribution in [0.2, 0.25) is 0 Å². The maximum absolute atomic E-state index is 13.1. The van der Waals surface area contributed by atoms with E-state index >= 15 is 0 Å². The Labute approximate surface area is 92.2 Å². The van der Waals surface area contributed by atoms with Crippen LogP contribution in [0.3, 0.4) is 0 Å². The van der Waals surface area contributed by atoms with Gasteiger partial charge in [0.15, 0.2) is 0 Å². The van der Waals surface area contributed by atoms with Crippen molar-refractivity contribution in [1.29, 1.82) is 0 Å². The number of hydrogen-bond acceptors (Lipinski definition) is 2. The largest absolute Gasteiger partial charge is 0.461 e. The number of nitrogens with one attached hydrogen (secondary N) is 1. The fraction of sp³-hybridized carbons (Fsp3) is 0.250. The van der Waals surface area contributed by atoms with E-state index in [1.54, 1.807) is 6.07 Å². The van der Waals surface area contributed by atoms with Gasteiger partial charge in [-0.05, 0) is 25.1 Å². The zero-order valence-corrected chi connectivity index (χ0v) is 9.13. The fourth-order valence-corrected chi connectivity index (χ4v) is 1.71. The monoisotopic (exact) mass is 221 g/mol. The molecule has 0 spiro atoms. The number of aryl methyl sites for hydroxylation is 1. The van der Waals surface area contributed by atoms with E-state index in [1.165, 1.54) is 19.1 Å². The molecule has 3 nitrogen and oxygen atoms in total. The maximum atomic E-state index is 13.1. The normalized spacial score (nSPS) is 10.7. The van der Waals surface area contributed by atoms with Crippen molar-refractivity contribution in [3.8, 4) is 0 Å². The van der Waals surface area contributed by atoms with Gasteiger partial charge in [0.25, 0.3) is 0 Å². The summed E-state index contributed by atoms with van der Waals surface area (Å²) in [5.74, 6) is -0.638. The Hall–Kier alpha value is -1.84. The Balaban J connectivity index is 2.45. The number of aromatic amines is 1. The zero-order valence-electron chi connectivity index (χ0n) is 9.13. The first-order chi connectivity index (χ1) is 7.58. The summed E-state index contributed by atoms with van der Waals surface area (Å²) in [6.45, 7) is 3.39. The molecule has 1 N–H and O–H groups in total. The molecule has 4 heteroatoms. The third-order valence-electron chi connectivity index (χ3n) is 2.50. The van der Waals surface area contributed by atoms with Crippen molar-refractivity contribution in [2.75, 3.05) is 0 Å². The second-order valence-electron chi connectivity index (χ2n) is 3.70. The number of carbonyl (C=O) groups excluding carboxylic acids is 1. The number of hydrogen-bond donors (Lipinski definition) is 1. The minimum atomic E-state index is -0.342. The van der Waals surface area contributed by atoms with Crippen molar-refractivity contribution in [3.05, 3.63) is 35.3 Å². The molecule has 2 aromatic rings. The number of H-pyrrole nitrogens is 1. The summed E-state index contributed by atoms with van der Waals surface area (Å²) in [4.78, 5) is 13.9. The molecular weight excluding hydrogens is 209 g/mol. The first kappa shape index (κ1) is 10.7. The molecule has 0 fully saturated rings. The molecule has 0 saturated carbocycles. The first-order valence-electron chi connectivity index (χ1n) is 4.98. The number of carbonyl (C=O) groups is 1. The van der Waals surface area contributed by atoms with Gasteiger partial charge in [0.05, 0.1) is 0 Å². The summed E-state index contributed by atoms with van der Waals surface area (Å²) in [6, 6.07) is 4.51. The molecule has 0 atom stereocenters. The molecule has 2 rings (SSSR count). The summed E-state index contributed by atoms with van der Waals surface area (Å²) in [5.41, 5.74) is 2.56. The van der Waals surface area contributed by atoms with Crippen LogP contribution in [-0.2, 0) is 16.1 Å². The van der Waals surface area contributed by atoms with Crippen LogP contribution >= 0.6 is 0 Å². The van der Waals surface area contributed by atoms with E-state index in [2.05, 4.69) is 4.98 Å². The van der Waals surface area contributed by atoms with Crippen LogP contribution in [0.5, 0.6) is 0 Å². The molecule has 1 heterocycles. The highest BCUT2D eigenvalue weighted by Crippen LogP contribution is 2.23. The second-order valence-corrected chi connectivity index (χ2v) is 3.70. The van der Waals surface area contributed by atoms with Gasteiger partial charge >= 0.3 is 5.97 Å². The number of esters is 1. The Kier molecular flexibility index (Phi) is 2.64. The van der Waals surface area contributed by atoms with Crippen molar-refractivity contribution in [1.82, 2.24) is 4.98 Å². The minimum absolute atomic E-state index is 0.171. The summed E-state index contributed by atoms with van der Waals surface area (Å²) in [5, 5.41) is 0.763. The Morgan fingerprint density at radius 2 is 2.25 bits per heavy atom. The number of benzene rings is 1. The number of halogens is 1. The summed E-state index contributed by atoms with van der Waals surface area (Å²) in [6.07, 6.45) is 0. The minimum Gasteiger partial charge on any atom is -0.461 e. The lowest BCUT2D eigenvalue weighted by atomic mass is 10.1. The SMILES string of the molecule is CC(=O)OCc1c(C)[nH]c2ccc(F)cc12. The average molecular weight is 221 g/mol. The molecule has 0 radical (unpaired) electrons. The molecule has 1 aromatic heterocycles. The Morgan fingerprint density at radius 3 is 2.94 bits per heavy atom. The van der Waals surface area contributed by atoms with Gasteiger partial charge in [-0.15, -0.1) is 0 Å². The lowest BCUT2D eigenvalue weighted by Gasteiger charge is -2.01. The van der Waals surface area contributed by atoms with Gasteiger partial charge in [0.2, 0.25) is 0 Å². The predicted octanol–water partition coefficient (Wildman–Crippen LogP) is 2.68. The van der Waals surface area contributed by atoms with E-state index in [1.807, 2.05) is 6.92 Å². The van der Waals surface area contributed by atoms with Crippen LogP contribution in [0.4, 0.5) is 4.39 Å². The van der Waals surface area contributed by atoms with Gasteiger partial charge in [-0.2, -0.15) is 0 Å². The fourth-order valence-electron chi connectivity index (χ4n) is 1.71. The van der Waals surface area contributed by atoms with E-state index in [4.69, 9.17) is 4.74 Å². The zero-order chi connectivity index (χ0) is 11.7. The highest BCUT2D eigenvalue weighted by atomic mass is 19.1. The van der Waals surface area contributed by atoms with Gasteiger partial charge in [-0.1, -0.05) is 0 Å². The second kappa shape index (κ2) is 3.96. The molecule has 0 bridgehead atoms. The predicted molar refractivity (Wildman–Crippen MR) is 58.5 cm³/mol. The van der Waals surface area contributed by atoms with E-state index in [-0.39, 0.29) is 18.4 Å². The quantitative estimate of drug-likeness (QED) is 0.792. The highest BCUT2D eigenvalue weighted by molar-refractivity contribution is 5.84. The van der Waals surface area contributed by atoms with Crippen molar-refractivity contribution in [2.45, 2.75) is 20.5 Å². The molecule has 0 aliphatic carbocycles. The molecule has 0 aliphatic heterocycles. The molecule has 16 heavy (non-hydrogen) atoms. The standard InChI is InChI=1S/C12H12FNO2/c1-7-11(6-16-8(2)15)10-5-9(13)3-4-12(10)14-7/h3-5,14H,6H2,1-2H3. The van der Waals surface area contributed by atoms with Crippen molar-refractivity contribution in [2.24, 2.45) is 0 Å². The van der Waals surface area contributed by atoms with Crippen LogP contribution in [0.1, 0.15) is 18.2 Å². The average Bonchev–Trinajstić information content (AvgIpc) is 2.51. The van der Waals surface area contributed by atoms with E-state index in [9.17, 15) is 9.18 Å². The summed E-state index contributed by atoms with van der Waals surface area (Å²) < 4.78 is 18.0. The molecule has 0 amide bonds. The van der Waals surface area contributed by atoms with Crippen LogP contribution in [0, 0.1) is 12.7 Å². The van der Waals surface area contributed by atoms with Gasteiger partial charge in [-0.3, -0.25) is 4.79 Å². The number of ether oxygens (including phenoxy) is 1. The molecule has 0 aliphatic rings. The summed E-state index contributed by atoms with van der Waals surface area (Å²) in [7, 11) is 0. The van der Waals surface area contributed by atoms with Gasteiger partial charge in [0.1, 0.15) is 12.4 Å². The Morgan fingerprint density at radius 1 is 1.50 bits per heavy atom. The number of aromatic nitrogens is 1. The van der Waals surface area contributed by atoms with Gasteiger partial charge < -0.3 is 9.72 Å². The molecular formula is C12H12FNO2. The van der Waals surface area contributed by atoms with E-state index in [0.29, 0.717) is 0 Å². The number of fused-ring (bicyclic) bond motifs is 1. The van der Waals surface area contributed by atoms with Gasteiger partial charge in [0, 0.05) is 29.1 Å². The van der Waals surface area contributed by atoms with E-state index in [0.717, 1.165) is 22.2 Å². The lowest BCUT2D eigenvalue weighted by Crippen LogP contribution is -1.99. The lowest BCUT2D eigenvalue weighted by molar-refractivity contribution is -0.142. The number of rotatable bonds is 2. The van der Waals surface area contributed by atoms with Gasteiger partial charge in [-0.25, -0.2) is 4.39 Å². The highest BCUT2D eigenvalue weighted by Gasteiger charge is 2.10. The van der Waals surface area contributed by atoms with Crippen molar-refractivity contribution >= 4 is 16.9 Å². The topological polar surface area (TPSA) is 42.1 Å². The van der Waals surface area contributed by atoms with Crippen LogP contribution < -0.4 is 0 Å². The van der Waals surface area contributed by atoms with Crippen LogP contribution in [-0.4, -0.2) is 11.0 Å². The Bertz CT molecular complexity index is 545.